The summed E-state index contributed by atoms with van der Waals surface area (Å²) in [4.78, 5) is 16.2. The summed E-state index contributed by atoms with van der Waals surface area (Å²) in [5.41, 5.74) is 1.39. The molecule has 5 nitrogen and oxygen atoms in total. The number of aliphatic hydroxyl groups is 1. The van der Waals surface area contributed by atoms with Gasteiger partial charge >= 0.3 is 0 Å². The van der Waals surface area contributed by atoms with Gasteiger partial charge in [-0.05, 0) is 17.7 Å². The first-order valence-electron chi connectivity index (χ1n) is 6.74. The number of furan rings is 1. The van der Waals surface area contributed by atoms with Crippen LogP contribution in [0, 0.1) is 0 Å². The van der Waals surface area contributed by atoms with Crippen molar-refractivity contribution in [2.45, 2.75) is 12.5 Å². The topological polar surface area (TPSA) is 75.4 Å². The molecule has 1 unspecified atom stereocenters. The monoisotopic (exact) mass is 314 g/mol. The van der Waals surface area contributed by atoms with E-state index in [-0.39, 0.29) is 12.3 Å². The maximum absolute atomic E-state index is 12.0. The first kappa shape index (κ1) is 14.5. The predicted octanol–water partition coefficient (Wildman–Crippen LogP) is 3.47. The second kappa shape index (κ2) is 6.55. The Morgan fingerprint density at radius 1 is 1.27 bits per heavy atom. The van der Waals surface area contributed by atoms with E-state index in [9.17, 15) is 9.90 Å². The van der Waals surface area contributed by atoms with E-state index in [1.807, 2.05) is 23.6 Å². The maximum atomic E-state index is 12.0. The number of aliphatic hydroxyl groups excluding tert-OH is 1. The first-order chi connectivity index (χ1) is 10.7. The summed E-state index contributed by atoms with van der Waals surface area (Å²) in [5.74, 6) is 0.373. The fourth-order valence-electron chi connectivity index (χ4n) is 2.01. The molecule has 1 atom stereocenters. The average molecular weight is 314 g/mol. The minimum absolute atomic E-state index is 0.0142. The van der Waals surface area contributed by atoms with E-state index < -0.39 is 6.10 Å². The number of anilines is 1. The van der Waals surface area contributed by atoms with Crippen LogP contribution in [0.2, 0.25) is 0 Å². The zero-order chi connectivity index (χ0) is 15.4. The van der Waals surface area contributed by atoms with Gasteiger partial charge in [0.15, 0.2) is 10.9 Å². The molecule has 0 aliphatic carbocycles. The summed E-state index contributed by atoms with van der Waals surface area (Å²) in [7, 11) is 0. The Bertz CT molecular complexity index is 738. The molecule has 2 aromatic heterocycles. The molecule has 112 valence electrons. The van der Waals surface area contributed by atoms with E-state index in [0.29, 0.717) is 22.1 Å². The second-order valence-corrected chi connectivity index (χ2v) is 5.55. The average Bonchev–Trinajstić information content (AvgIpc) is 3.19. The summed E-state index contributed by atoms with van der Waals surface area (Å²) in [6, 6.07) is 12.7. The molecule has 3 aromatic rings. The van der Waals surface area contributed by atoms with Crippen molar-refractivity contribution >= 4 is 22.4 Å². The van der Waals surface area contributed by atoms with Gasteiger partial charge in [0.25, 0.3) is 0 Å². The Hall–Kier alpha value is -2.44. The summed E-state index contributed by atoms with van der Waals surface area (Å²) in [6.45, 7) is 0. The number of carbonyl (C=O) groups excluding carboxylic acids is 1. The zero-order valence-electron chi connectivity index (χ0n) is 11.6. The number of benzene rings is 1. The van der Waals surface area contributed by atoms with E-state index >= 15 is 0 Å². The SMILES string of the molecule is O=C(CC(O)c1ccccc1)Nc1nc(-c2ccco2)cs1. The predicted molar refractivity (Wildman–Crippen MR) is 84.5 cm³/mol. The number of hydrogen-bond donors (Lipinski definition) is 2. The number of aromatic nitrogens is 1. The first-order valence-corrected chi connectivity index (χ1v) is 7.62. The molecular formula is C16H14N2O3S. The van der Waals surface area contributed by atoms with E-state index in [1.165, 1.54) is 11.3 Å². The molecule has 0 bridgehead atoms. The molecule has 2 heterocycles. The molecule has 3 rings (SSSR count). The van der Waals surface area contributed by atoms with Gasteiger partial charge in [-0.2, -0.15) is 0 Å². The standard InChI is InChI=1S/C16H14N2O3S/c19-13(11-5-2-1-3-6-11)9-15(20)18-16-17-12(10-22-16)14-7-4-8-21-14/h1-8,10,13,19H,9H2,(H,17,18,20). The van der Waals surface area contributed by atoms with Crippen LogP contribution in [-0.2, 0) is 4.79 Å². The lowest BCUT2D eigenvalue weighted by atomic mass is 10.1. The van der Waals surface area contributed by atoms with Crippen molar-refractivity contribution in [1.29, 1.82) is 0 Å². The van der Waals surface area contributed by atoms with Gasteiger partial charge in [0, 0.05) is 5.38 Å². The molecule has 1 amide bonds. The largest absolute Gasteiger partial charge is 0.463 e. The smallest absolute Gasteiger partial charge is 0.229 e. The van der Waals surface area contributed by atoms with Crippen molar-refractivity contribution in [2.75, 3.05) is 5.32 Å². The highest BCUT2D eigenvalue weighted by molar-refractivity contribution is 7.14. The van der Waals surface area contributed by atoms with Crippen LogP contribution in [0.25, 0.3) is 11.5 Å². The molecule has 22 heavy (non-hydrogen) atoms. The number of rotatable bonds is 5. The van der Waals surface area contributed by atoms with Gasteiger partial charge in [-0.1, -0.05) is 30.3 Å². The lowest BCUT2D eigenvalue weighted by Gasteiger charge is -2.09. The fourth-order valence-corrected chi connectivity index (χ4v) is 2.72. The van der Waals surface area contributed by atoms with Gasteiger partial charge in [-0.15, -0.1) is 11.3 Å². The minimum atomic E-state index is -0.828. The van der Waals surface area contributed by atoms with Crippen molar-refractivity contribution < 1.29 is 14.3 Å². The molecule has 0 aliphatic heterocycles. The fraction of sp³-hybridized carbons (Fsp3) is 0.125. The van der Waals surface area contributed by atoms with Crippen molar-refractivity contribution in [2.24, 2.45) is 0 Å². The highest BCUT2D eigenvalue weighted by atomic mass is 32.1. The van der Waals surface area contributed by atoms with Crippen molar-refractivity contribution in [1.82, 2.24) is 4.98 Å². The Balaban J connectivity index is 1.60. The molecule has 0 saturated heterocycles. The number of amides is 1. The molecule has 0 fully saturated rings. The van der Waals surface area contributed by atoms with E-state index in [4.69, 9.17) is 4.42 Å². The molecule has 0 spiro atoms. The number of carbonyl (C=O) groups is 1. The lowest BCUT2D eigenvalue weighted by molar-refractivity contribution is -0.118. The van der Waals surface area contributed by atoms with Crippen LogP contribution in [-0.4, -0.2) is 16.0 Å². The van der Waals surface area contributed by atoms with Crippen molar-refractivity contribution in [3.8, 4) is 11.5 Å². The van der Waals surface area contributed by atoms with Gasteiger partial charge in [-0.3, -0.25) is 4.79 Å². The number of nitrogens with one attached hydrogen (secondary N) is 1. The Morgan fingerprint density at radius 3 is 2.82 bits per heavy atom. The van der Waals surface area contributed by atoms with Crippen molar-refractivity contribution in [3.05, 3.63) is 59.7 Å². The minimum Gasteiger partial charge on any atom is -0.463 e. The second-order valence-electron chi connectivity index (χ2n) is 4.69. The Labute approximate surface area is 131 Å². The highest BCUT2D eigenvalue weighted by Crippen LogP contribution is 2.25. The summed E-state index contributed by atoms with van der Waals surface area (Å²) >= 11 is 1.31. The third-order valence-electron chi connectivity index (χ3n) is 3.09. The molecule has 1 aromatic carbocycles. The number of hydrogen-bond acceptors (Lipinski definition) is 5. The molecule has 0 saturated carbocycles. The van der Waals surface area contributed by atoms with Gasteiger partial charge in [0.05, 0.1) is 18.8 Å². The van der Waals surface area contributed by atoms with Gasteiger partial charge in [-0.25, -0.2) is 4.98 Å². The quantitative estimate of drug-likeness (QED) is 0.756. The maximum Gasteiger partial charge on any atom is 0.229 e. The van der Waals surface area contributed by atoms with Gasteiger partial charge < -0.3 is 14.8 Å². The summed E-state index contributed by atoms with van der Waals surface area (Å²) < 4.78 is 5.25. The third-order valence-corrected chi connectivity index (χ3v) is 3.84. The summed E-state index contributed by atoms with van der Waals surface area (Å²) in [5, 5.41) is 15.0. The molecule has 0 radical (unpaired) electrons. The van der Waals surface area contributed by atoms with Crippen LogP contribution in [0.1, 0.15) is 18.1 Å². The number of nitrogens with zero attached hydrogens (tertiary/aromatic N) is 1. The van der Waals surface area contributed by atoms with E-state index in [2.05, 4.69) is 10.3 Å². The normalized spacial score (nSPS) is 12.0. The van der Waals surface area contributed by atoms with Crippen LogP contribution in [0.15, 0.2) is 58.5 Å². The molecule has 0 aliphatic rings. The highest BCUT2D eigenvalue weighted by Gasteiger charge is 2.14. The van der Waals surface area contributed by atoms with E-state index in [1.54, 1.807) is 30.5 Å². The lowest BCUT2D eigenvalue weighted by Crippen LogP contribution is -2.15. The van der Waals surface area contributed by atoms with Crippen LogP contribution in [0.3, 0.4) is 0 Å². The zero-order valence-corrected chi connectivity index (χ0v) is 12.4. The van der Waals surface area contributed by atoms with Crippen LogP contribution in [0.4, 0.5) is 5.13 Å². The van der Waals surface area contributed by atoms with Crippen LogP contribution < -0.4 is 5.32 Å². The molecular weight excluding hydrogens is 300 g/mol. The summed E-state index contributed by atoms with van der Waals surface area (Å²) in [6.07, 6.45) is 0.730. The van der Waals surface area contributed by atoms with Crippen LogP contribution >= 0.6 is 11.3 Å². The molecule has 2 N–H and O–H groups in total. The number of thiazole rings is 1. The Morgan fingerprint density at radius 2 is 2.09 bits per heavy atom. The van der Waals surface area contributed by atoms with E-state index in [0.717, 1.165) is 0 Å². The van der Waals surface area contributed by atoms with Gasteiger partial charge in [0.1, 0.15) is 5.69 Å². The van der Waals surface area contributed by atoms with Crippen LogP contribution in [0.5, 0.6) is 0 Å². The third kappa shape index (κ3) is 3.41. The molecule has 6 heteroatoms. The Kier molecular flexibility index (Phi) is 4.32. The van der Waals surface area contributed by atoms with Crippen molar-refractivity contribution in [3.63, 3.8) is 0 Å². The van der Waals surface area contributed by atoms with Gasteiger partial charge in [0.2, 0.25) is 5.91 Å².